The Balaban J connectivity index is 2.45. The zero-order chi connectivity index (χ0) is 6.91. The van der Waals surface area contributed by atoms with Crippen molar-refractivity contribution in [3.05, 3.63) is 11.4 Å². The first-order valence-electron chi connectivity index (χ1n) is 3.64. The Bertz CT molecular complexity index is 145. The van der Waals surface area contributed by atoms with Gasteiger partial charge in [-0.25, -0.2) is 6.57 Å². The summed E-state index contributed by atoms with van der Waals surface area (Å²) in [6, 6.07) is 0. The highest BCUT2D eigenvalue weighted by Gasteiger charge is 2.58. The first-order valence-corrected chi connectivity index (χ1v) is 3.64. The van der Waals surface area contributed by atoms with Gasteiger partial charge in [-0.3, -0.25) is 0 Å². The van der Waals surface area contributed by atoms with Crippen LogP contribution >= 0.6 is 0 Å². The lowest BCUT2D eigenvalue weighted by atomic mass is 10.1. The summed E-state index contributed by atoms with van der Waals surface area (Å²) >= 11 is 0. The Morgan fingerprint density at radius 2 is 2.33 bits per heavy atom. The van der Waals surface area contributed by atoms with Gasteiger partial charge < -0.3 is 4.85 Å². The van der Waals surface area contributed by atoms with Crippen molar-refractivity contribution in [1.82, 2.24) is 0 Å². The van der Waals surface area contributed by atoms with Gasteiger partial charge in [0.25, 0.3) is 0 Å². The normalized spacial score (nSPS) is 39.9. The molecule has 0 N–H and O–H groups in total. The molecule has 0 aromatic heterocycles. The maximum Gasteiger partial charge on any atom is 0.236 e. The van der Waals surface area contributed by atoms with Crippen LogP contribution in [0.4, 0.5) is 0 Å². The Morgan fingerprint density at radius 1 is 1.78 bits per heavy atom. The quantitative estimate of drug-likeness (QED) is 0.497. The van der Waals surface area contributed by atoms with Crippen molar-refractivity contribution in [1.29, 1.82) is 0 Å². The monoisotopic (exact) mass is 123 g/mol. The minimum atomic E-state index is 0.0920. The Morgan fingerprint density at radius 3 is 2.44 bits per heavy atom. The van der Waals surface area contributed by atoms with E-state index in [0.717, 1.165) is 19.3 Å². The lowest BCUT2D eigenvalue weighted by Crippen LogP contribution is -2.02. The Labute approximate surface area is 56.9 Å². The summed E-state index contributed by atoms with van der Waals surface area (Å²) in [5, 5.41) is 0. The molecule has 0 spiro atoms. The summed E-state index contributed by atoms with van der Waals surface area (Å²) in [5.41, 5.74) is 0.0920. The Kier molecular flexibility index (Phi) is 1.48. The van der Waals surface area contributed by atoms with Gasteiger partial charge in [0, 0.05) is 18.8 Å². The molecule has 1 rings (SSSR count). The van der Waals surface area contributed by atoms with Crippen LogP contribution in [-0.2, 0) is 0 Å². The predicted molar refractivity (Wildman–Crippen MR) is 38.0 cm³/mol. The highest BCUT2D eigenvalue weighted by Crippen LogP contribution is 2.50. The molecular weight excluding hydrogens is 110 g/mol. The lowest BCUT2D eigenvalue weighted by molar-refractivity contribution is 0.631. The molecule has 1 nitrogen and oxygen atoms in total. The van der Waals surface area contributed by atoms with Crippen molar-refractivity contribution in [3.63, 3.8) is 0 Å². The summed E-state index contributed by atoms with van der Waals surface area (Å²) in [6.07, 6.45) is 3.41. The van der Waals surface area contributed by atoms with Crippen LogP contribution in [0.3, 0.4) is 0 Å². The molecule has 1 heteroatoms. The smallest absolute Gasteiger partial charge is 0.236 e. The molecule has 0 aromatic rings. The van der Waals surface area contributed by atoms with Crippen LogP contribution in [0.1, 0.15) is 33.1 Å². The molecule has 9 heavy (non-hydrogen) atoms. The summed E-state index contributed by atoms with van der Waals surface area (Å²) in [5.74, 6) is 0.676. The molecule has 2 unspecified atom stereocenters. The molecule has 0 aliphatic heterocycles. The SMILES string of the molecule is [C-]#[N+]C1(CCC)CC1C. The van der Waals surface area contributed by atoms with Crippen molar-refractivity contribution < 1.29 is 0 Å². The first-order chi connectivity index (χ1) is 4.25. The third-order valence-corrected chi connectivity index (χ3v) is 2.32. The van der Waals surface area contributed by atoms with E-state index in [1.807, 2.05) is 0 Å². The van der Waals surface area contributed by atoms with Crippen LogP contribution < -0.4 is 0 Å². The molecule has 0 bridgehead atoms. The highest BCUT2D eigenvalue weighted by atomic mass is 14.9. The van der Waals surface area contributed by atoms with Crippen LogP contribution in [-0.4, -0.2) is 5.54 Å². The van der Waals surface area contributed by atoms with E-state index in [4.69, 9.17) is 6.57 Å². The second-order valence-electron chi connectivity index (χ2n) is 3.07. The van der Waals surface area contributed by atoms with E-state index in [2.05, 4.69) is 18.7 Å². The third kappa shape index (κ3) is 0.941. The molecular formula is C8H13N. The minimum Gasteiger partial charge on any atom is -0.310 e. The molecule has 1 aliphatic carbocycles. The number of hydrogen-bond acceptors (Lipinski definition) is 0. The van der Waals surface area contributed by atoms with E-state index < -0.39 is 0 Å². The number of hydrogen-bond donors (Lipinski definition) is 0. The van der Waals surface area contributed by atoms with Gasteiger partial charge in [0.2, 0.25) is 5.54 Å². The summed E-state index contributed by atoms with van der Waals surface area (Å²) < 4.78 is 0. The highest BCUT2D eigenvalue weighted by molar-refractivity contribution is 5.15. The molecule has 1 aliphatic rings. The van der Waals surface area contributed by atoms with Crippen LogP contribution in [0.2, 0.25) is 0 Å². The van der Waals surface area contributed by atoms with Gasteiger partial charge in [-0.15, -0.1) is 0 Å². The molecule has 0 heterocycles. The molecule has 2 atom stereocenters. The predicted octanol–water partition coefficient (Wildman–Crippen LogP) is 2.48. The second kappa shape index (κ2) is 2.02. The zero-order valence-electron chi connectivity index (χ0n) is 6.15. The van der Waals surface area contributed by atoms with Gasteiger partial charge in [0.05, 0.1) is 0 Å². The van der Waals surface area contributed by atoms with Crippen molar-refractivity contribution >= 4 is 0 Å². The topological polar surface area (TPSA) is 4.36 Å². The zero-order valence-corrected chi connectivity index (χ0v) is 6.15. The van der Waals surface area contributed by atoms with Gasteiger partial charge in [0.1, 0.15) is 0 Å². The maximum absolute atomic E-state index is 6.93. The van der Waals surface area contributed by atoms with Crippen LogP contribution in [0.15, 0.2) is 0 Å². The van der Waals surface area contributed by atoms with E-state index in [9.17, 15) is 0 Å². The van der Waals surface area contributed by atoms with Crippen molar-refractivity contribution in [3.8, 4) is 0 Å². The average molecular weight is 123 g/mol. The van der Waals surface area contributed by atoms with Gasteiger partial charge in [-0.05, 0) is 6.42 Å². The molecule has 1 saturated carbocycles. The van der Waals surface area contributed by atoms with E-state index in [0.29, 0.717) is 5.92 Å². The molecule has 0 aromatic carbocycles. The van der Waals surface area contributed by atoms with Gasteiger partial charge >= 0.3 is 0 Å². The average Bonchev–Trinajstić information content (AvgIpc) is 2.45. The van der Waals surface area contributed by atoms with E-state index in [-0.39, 0.29) is 5.54 Å². The van der Waals surface area contributed by atoms with Crippen LogP contribution in [0.25, 0.3) is 4.85 Å². The molecule has 0 amide bonds. The van der Waals surface area contributed by atoms with Crippen molar-refractivity contribution in [2.24, 2.45) is 5.92 Å². The summed E-state index contributed by atoms with van der Waals surface area (Å²) in [4.78, 5) is 3.65. The van der Waals surface area contributed by atoms with Crippen LogP contribution in [0.5, 0.6) is 0 Å². The number of nitrogens with zero attached hydrogens (tertiary/aromatic N) is 1. The Hall–Kier alpha value is -0.510. The summed E-state index contributed by atoms with van der Waals surface area (Å²) in [7, 11) is 0. The maximum atomic E-state index is 6.93. The van der Waals surface area contributed by atoms with E-state index in [1.165, 1.54) is 0 Å². The van der Waals surface area contributed by atoms with Crippen molar-refractivity contribution in [2.45, 2.75) is 38.6 Å². The first kappa shape index (κ1) is 6.61. The number of rotatable bonds is 2. The fraction of sp³-hybridized carbons (Fsp3) is 0.875. The van der Waals surface area contributed by atoms with Crippen molar-refractivity contribution in [2.75, 3.05) is 0 Å². The minimum absolute atomic E-state index is 0.0920. The van der Waals surface area contributed by atoms with Crippen LogP contribution in [0, 0.1) is 12.5 Å². The molecule has 50 valence electrons. The van der Waals surface area contributed by atoms with E-state index in [1.54, 1.807) is 0 Å². The fourth-order valence-electron chi connectivity index (χ4n) is 1.46. The van der Waals surface area contributed by atoms with Gasteiger partial charge in [0.15, 0.2) is 0 Å². The van der Waals surface area contributed by atoms with E-state index >= 15 is 0 Å². The standard InChI is InChI=1S/C8H13N/c1-4-5-8(9-3)6-7(8)2/h7H,4-6H2,1-2H3. The molecule has 1 fully saturated rings. The molecule has 0 radical (unpaired) electrons. The summed E-state index contributed by atoms with van der Waals surface area (Å²) in [6.45, 7) is 11.3. The molecule has 0 saturated heterocycles. The largest absolute Gasteiger partial charge is 0.310 e. The second-order valence-corrected chi connectivity index (χ2v) is 3.07. The lowest BCUT2D eigenvalue weighted by Gasteiger charge is -1.97. The third-order valence-electron chi connectivity index (χ3n) is 2.32. The van der Waals surface area contributed by atoms with Gasteiger partial charge in [-0.1, -0.05) is 13.8 Å². The fourth-order valence-corrected chi connectivity index (χ4v) is 1.46. The van der Waals surface area contributed by atoms with Gasteiger partial charge in [-0.2, -0.15) is 0 Å².